The van der Waals surface area contributed by atoms with Crippen LogP contribution >= 0.6 is 0 Å². The van der Waals surface area contributed by atoms with Crippen LogP contribution in [0.1, 0.15) is 25.7 Å². The fourth-order valence-corrected chi connectivity index (χ4v) is 4.19. The van der Waals surface area contributed by atoms with Crippen LogP contribution in [0.2, 0.25) is 0 Å². The number of nitrogens with one attached hydrogen (secondary N) is 1. The van der Waals surface area contributed by atoms with Gasteiger partial charge in [0.05, 0.1) is 5.70 Å². The van der Waals surface area contributed by atoms with E-state index in [2.05, 4.69) is 17.5 Å². The lowest BCUT2D eigenvalue weighted by molar-refractivity contribution is -0.132. The molecule has 4 atom stereocenters. The number of Topliss-reactive ketones (excluding diaryl/α,β-unsaturated/α-hetero) is 2. The van der Waals surface area contributed by atoms with E-state index in [0.29, 0.717) is 30.5 Å². The first-order valence-electron chi connectivity index (χ1n) is 6.96. The van der Waals surface area contributed by atoms with E-state index in [1.807, 2.05) is 0 Å². The Morgan fingerprint density at radius 1 is 0.947 bits per heavy atom. The van der Waals surface area contributed by atoms with Crippen molar-refractivity contribution >= 4 is 17.5 Å². The van der Waals surface area contributed by atoms with Crippen LogP contribution in [0, 0.1) is 23.7 Å². The molecule has 1 heterocycles. The van der Waals surface area contributed by atoms with Crippen molar-refractivity contribution < 1.29 is 14.4 Å². The largest absolute Gasteiger partial charge is 0.323 e. The van der Waals surface area contributed by atoms with Gasteiger partial charge >= 0.3 is 0 Å². The molecule has 1 aliphatic heterocycles. The average Bonchev–Trinajstić information content (AvgIpc) is 2.94. The monoisotopic (exact) mass is 257 g/mol. The SMILES string of the molecule is O=C1CCCC2=C(N1)C(=O)C1C3C=CC(C3)C1C2=O. The Morgan fingerprint density at radius 3 is 2.37 bits per heavy atom. The molecule has 0 aromatic carbocycles. The molecule has 19 heavy (non-hydrogen) atoms. The molecule has 98 valence electrons. The van der Waals surface area contributed by atoms with Gasteiger partial charge in [-0.15, -0.1) is 0 Å². The second-order valence-corrected chi connectivity index (χ2v) is 5.98. The molecule has 1 fully saturated rings. The van der Waals surface area contributed by atoms with Crippen LogP contribution in [0.4, 0.5) is 0 Å². The third-order valence-corrected chi connectivity index (χ3v) is 5.01. The van der Waals surface area contributed by atoms with Crippen molar-refractivity contribution in [1.29, 1.82) is 0 Å². The van der Waals surface area contributed by atoms with E-state index < -0.39 is 0 Å². The number of carbonyl (C=O) groups excluding carboxylic acids is 3. The molecule has 2 bridgehead atoms. The van der Waals surface area contributed by atoms with Crippen molar-refractivity contribution in [2.24, 2.45) is 23.7 Å². The molecule has 3 aliphatic carbocycles. The molecule has 4 nitrogen and oxygen atoms in total. The minimum absolute atomic E-state index is 0.00769. The zero-order valence-corrected chi connectivity index (χ0v) is 10.5. The Bertz CT molecular complexity index is 572. The van der Waals surface area contributed by atoms with Gasteiger partial charge in [-0.2, -0.15) is 0 Å². The van der Waals surface area contributed by atoms with Crippen LogP contribution in [0.5, 0.6) is 0 Å². The number of amides is 1. The second-order valence-electron chi connectivity index (χ2n) is 5.98. The highest BCUT2D eigenvalue weighted by Gasteiger charge is 2.55. The molecule has 1 amide bonds. The molecule has 0 spiro atoms. The first-order valence-corrected chi connectivity index (χ1v) is 6.96. The van der Waals surface area contributed by atoms with Crippen molar-refractivity contribution in [1.82, 2.24) is 5.32 Å². The number of carbonyl (C=O) groups is 3. The normalized spacial score (nSPS) is 40.1. The third kappa shape index (κ3) is 1.37. The zero-order chi connectivity index (χ0) is 13.1. The van der Waals surface area contributed by atoms with E-state index in [-0.39, 0.29) is 41.1 Å². The number of hydrogen-bond donors (Lipinski definition) is 1. The summed E-state index contributed by atoms with van der Waals surface area (Å²) in [7, 11) is 0. The minimum atomic E-state index is -0.223. The van der Waals surface area contributed by atoms with Crippen LogP contribution < -0.4 is 5.32 Å². The maximum atomic E-state index is 12.6. The van der Waals surface area contributed by atoms with Gasteiger partial charge in [0, 0.05) is 23.8 Å². The van der Waals surface area contributed by atoms with Crippen LogP contribution in [0.3, 0.4) is 0 Å². The van der Waals surface area contributed by atoms with E-state index in [4.69, 9.17) is 0 Å². The average molecular weight is 257 g/mol. The molecule has 0 saturated heterocycles. The summed E-state index contributed by atoms with van der Waals surface area (Å²) in [5.41, 5.74) is 0.896. The summed E-state index contributed by atoms with van der Waals surface area (Å²) >= 11 is 0. The molecule has 0 aromatic heterocycles. The Kier molecular flexibility index (Phi) is 2.14. The first kappa shape index (κ1) is 11.1. The van der Waals surface area contributed by atoms with E-state index in [1.165, 1.54) is 0 Å². The Balaban J connectivity index is 1.82. The molecule has 4 heteroatoms. The van der Waals surface area contributed by atoms with Gasteiger partial charge in [0.1, 0.15) is 0 Å². The summed E-state index contributed by atoms with van der Waals surface area (Å²) in [4.78, 5) is 36.9. The number of fused-ring (bicyclic) bond motifs is 5. The summed E-state index contributed by atoms with van der Waals surface area (Å²) in [6.45, 7) is 0. The van der Waals surface area contributed by atoms with E-state index >= 15 is 0 Å². The fraction of sp³-hybridized carbons (Fsp3) is 0.533. The van der Waals surface area contributed by atoms with Gasteiger partial charge in [0.2, 0.25) is 5.91 Å². The Morgan fingerprint density at radius 2 is 1.63 bits per heavy atom. The molecule has 4 rings (SSSR count). The highest BCUT2D eigenvalue weighted by molar-refractivity contribution is 6.16. The Hall–Kier alpha value is -1.71. The van der Waals surface area contributed by atoms with Gasteiger partial charge in [-0.1, -0.05) is 12.2 Å². The summed E-state index contributed by atoms with van der Waals surface area (Å²) in [6.07, 6.45) is 6.70. The van der Waals surface area contributed by atoms with Gasteiger partial charge in [0.15, 0.2) is 11.6 Å². The lowest BCUT2D eigenvalue weighted by Gasteiger charge is -2.32. The Labute approximate surface area is 110 Å². The van der Waals surface area contributed by atoms with Gasteiger partial charge in [0.25, 0.3) is 0 Å². The summed E-state index contributed by atoms with van der Waals surface area (Å²) in [5.74, 6) is 0.0182. The van der Waals surface area contributed by atoms with Crippen LogP contribution in [0.15, 0.2) is 23.4 Å². The van der Waals surface area contributed by atoms with Gasteiger partial charge in [-0.25, -0.2) is 0 Å². The summed E-state index contributed by atoms with van der Waals surface area (Å²) in [5, 5.41) is 2.68. The number of ketones is 2. The zero-order valence-electron chi connectivity index (χ0n) is 10.5. The first-order chi connectivity index (χ1) is 9.16. The third-order valence-electron chi connectivity index (χ3n) is 5.01. The molecular weight excluding hydrogens is 242 g/mol. The topological polar surface area (TPSA) is 63.2 Å². The van der Waals surface area contributed by atoms with E-state index in [0.717, 1.165) is 6.42 Å². The van der Waals surface area contributed by atoms with Crippen molar-refractivity contribution in [2.45, 2.75) is 25.7 Å². The number of allylic oxidation sites excluding steroid dienone is 4. The molecule has 1 saturated carbocycles. The van der Waals surface area contributed by atoms with Crippen molar-refractivity contribution in [3.63, 3.8) is 0 Å². The quantitative estimate of drug-likeness (QED) is 0.662. The van der Waals surface area contributed by atoms with E-state index in [1.54, 1.807) is 0 Å². The van der Waals surface area contributed by atoms with Crippen molar-refractivity contribution in [3.05, 3.63) is 23.4 Å². The summed E-state index contributed by atoms with van der Waals surface area (Å²) < 4.78 is 0. The molecule has 0 radical (unpaired) electrons. The smallest absolute Gasteiger partial charge is 0.224 e. The number of rotatable bonds is 0. The maximum absolute atomic E-state index is 12.6. The van der Waals surface area contributed by atoms with Crippen molar-refractivity contribution in [3.8, 4) is 0 Å². The van der Waals surface area contributed by atoms with Crippen LogP contribution in [-0.4, -0.2) is 17.5 Å². The second kappa shape index (κ2) is 3.65. The highest BCUT2D eigenvalue weighted by Crippen LogP contribution is 2.52. The predicted octanol–water partition coefficient (Wildman–Crippen LogP) is 1.13. The van der Waals surface area contributed by atoms with Gasteiger partial charge in [-0.05, 0) is 31.1 Å². The van der Waals surface area contributed by atoms with E-state index in [9.17, 15) is 14.4 Å². The molecule has 0 aromatic rings. The van der Waals surface area contributed by atoms with Gasteiger partial charge < -0.3 is 5.32 Å². The highest BCUT2D eigenvalue weighted by atomic mass is 16.2. The van der Waals surface area contributed by atoms with Crippen molar-refractivity contribution in [2.75, 3.05) is 0 Å². The molecular formula is C15H15NO3. The number of hydrogen-bond acceptors (Lipinski definition) is 3. The minimum Gasteiger partial charge on any atom is -0.323 e. The van der Waals surface area contributed by atoms with Crippen LogP contribution in [-0.2, 0) is 14.4 Å². The summed E-state index contributed by atoms with van der Waals surface area (Å²) in [6, 6.07) is 0. The van der Waals surface area contributed by atoms with Gasteiger partial charge in [-0.3, -0.25) is 14.4 Å². The maximum Gasteiger partial charge on any atom is 0.224 e. The molecule has 1 N–H and O–H groups in total. The molecule has 4 unspecified atom stereocenters. The lowest BCUT2D eigenvalue weighted by Crippen LogP contribution is -2.43. The fourth-order valence-electron chi connectivity index (χ4n) is 4.19. The predicted molar refractivity (Wildman–Crippen MR) is 66.8 cm³/mol. The lowest BCUT2D eigenvalue weighted by atomic mass is 9.70. The van der Waals surface area contributed by atoms with Crippen LogP contribution in [0.25, 0.3) is 0 Å². The molecule has 4 aliphatic rings. The standard InChI is InChI=1S/C15H15NO3/c17-10-3-1-2-9-13(16-10)15(19)12-8-5-4-7(6-8)11(12)14(9)18/h4-5,7-8,11-12H,1-3,6H2,(H,16,17).